The topological polar surface area (TPSA) is 71.8 Å². The summed E-state index contributed by atoms with van der Waals surface area (Å²) in [6, 6.07) is 14.6. The molecule has 0 aliphatic carbocycles. The second-order valence-electron chi connectivity index (χ2n) is 6.12. The molecule has 5 nitrogen and oxygen atoms in total. The van der Waals surface area contributed by atoms with E-state index in [0.717, 1.165) is 6.07 Å². The van der Waals surface area contributed by atoms with Gasteiger partial charge in [-0.25, -0.2) is 9.18 Å². The van der Waals surface area contributed by atoms with Crippen molar-refractivity contribution in [3.8, 4) is 11.1 Å². The Morgan fingerprint density at radius 3 is 2.57 bits per heavy atom. The monoisotopic (exact) mass is 424 g/mol. The molecule has 1 heterocycles. The third kappa shape index (κ3) is 4.90. The molecule has 0 aliphatic rings. The molecule has 0 saturated heterocycles. The zero-order valence-corrected chi connectivity index (χ0v) is 16.8. The van der Waals surface area contributed by atoms with Crippen LogP contribution >= 0.6 is 11.6 Å². The molecular weight excluding hydrogens is 407 g/mol. The van der Waals surface area contributed by atoms with E-state index in [4.69, 9.17) is 16.3 Å². The van der Waals surface area contributed by atoms with Crippen LogP contribution in [-0.4, -0.2) is 28.9 Å². The Morgan fingerprint density at radius 1 is 1.20 bits per heavy atom. The minimum Gasteiger partial charge on any atom is -0.506 e. The summed E-state index contributed by atoms with van der Waals surface area (Å²) in [5.74, 6) is -1.95. The summed E-state index contributed by atoms with van der Waals surface area (Å²) in [5, 5.41) is 10.8. The number of benzene rings is 2. The Bertz CT molecular complexity index is 1100. The average Bonchev–Trinajstić information content (AvgIpc) is 2.76. The van der Waals surface area contributed by atoms with Crippen molar-refractivity contribution in [3.05, 3.63) is 89.0 Å². The maximum Gasteiger partial charge on any atom is 0.343 e. The standard InChI is InChI=1S/C23H18ClFN2O3/c1-2-30-23(29)19(14-27-16-6-4-3-5-7-16)22(28)18-13-21(25)17(12-20(18)24)15-8-10-26-11-9-15/h3-14,28H,2H2,1H3. The molecule has 0 spiro atoms. The molecule has 30 heavy (non-hydrogen) atoms. The van der Waals surface area contributed by atoms with Gasteiger partial charge in [-0.1, -0.05) is 29.8 Å². The number of para-hydroxylation sites is 1. The highest BCUT2D eigenvalue weighted by atomic mass is 35.5. The molecule has 3 rings (SSSR count). The second-order valence-corrected chi connectivity index (χ2v) is 6.53. The molecule has 2 aromatic carbocycles. The van der Waals surface area contributed by atoms with Gasteiger partial charge < -0.3 is 9.84 Å². The number of aliphatic hydroxyl groups is 1. The van der Waals surface area contributed by atoms with Crippen LogP contribution < -0.4 is 0 Å². The first-order valence-corrected chi connectivity index (χ1v) is 9.48. The van der Waals surface area contributed by atoms with Crippen molar-refractivity contribution in [2.75, 3.05) is 6.61 Å². The summed E-state index contributed by atoms with van der Waals surface area (Å²) in [4.78, 5) is 20.5. The van der Waals surface area contributed by atoms with Gasteiger partial charge in [0.15, 0.2) is 0 Å². The van der Waals surface area contributed by atoms with E-state index in [1.54, 1.807) is 43.3 Å². The summed E-state index contributed by atoms with van der Waals surface area (Å²) >= 11 is 6.32. The van der Waals surface area contributed by atoms with E-state index in [9.17, 15) is 14.3 Å². The van der Waals surface area contributed by atoms with Crippen LogP contribution in [0.5, 0.6) is 0 Å². The van der Waals surface area contributed by atoms with Gasteiger partial charge in [-0.3, -0.25) is 9.98 Å². The number of rotatable bonds is 6. The van der Waals surface area contributed by atoms with E-state index in [2.05, 4.69) is 9.98 Å². The van der Waals surface area contributed by atoms with Gasteiger partial charge in [-0.15, -0.1) is 0 Å². The van der Waals surface area contributed by atoms with Crippen LogP contribution in [-0.2, 0) is 9.53 Å². The van der Waals surface area contributed by atoms with Crippen LogP contribution in [0.1, 0.15) is 12.5 Å². The third-order valence-electron chi connectivity index (χ3n) is 4.15. The number of ether oxygens (including phenoxy) is 1. The number of nitrogens with zero attached hydrogens (tertiary/aromatic N) is 2. The van der Waals surface area contributed by atoms with Crippen molar-refractivity contribution in [1.29, 1.82) is 0 Å². The largest absolute Gasteiger partial charge is 0.506 e. The Hall–Kier alpha value is -3.51. The van der Waals surface area contributed by atoms with Gasteiger partial charge in [0.2, 0.25) is 0 Å². The molecule has 7 heteroatoms. The maximum absolute atomic E-state index is 14.8. The minimum absolute atomic E-state index is 0.0467. The normalized spacial score (nSPS) is 12.0. The van der Waals surface area contributed by atoms with Crippen LogP contribution in [0.3, 0.4) is 0 Å². The van der Waals surface area contributed by atoms with Crippen molar-refractivity contribution >= 4 is 35.2 Å². The molecule has 0 bridgehead atoms. The van der Waals surface area contributed by atoms with Crippen LogP contribution in [0.4, 0.5) is 10.1 Å². The molecule has 152 valence electrons. The van der Waals surface area contributed by atoms with Gasteiger partial charge in [-0.05, 0) is 48.9 Å². The Balaban J connectivity index is 2.07. The van der Waals surface area contributed by atoms with Crippen molar-refractivity contribution < 1.29 is 19.0 Å². The summed E-state index contributed by atoms with van der Waals surface area (Å²) in [6.07, 6.45) is 4.24. The highest BCUT2D eigenvalue weighted by Gasteiger charge is 2.20. The van der Waals surface area contributed by atoms with Crippen LogP contribution in [0.25, 0.3) is 16.9 Å². The van der Waals surface area contributed by atoms with Gasteiger partial charge in [0.05, 0.1) is 17.3 Å². The number of halogens is 2. The van der Waals surface area contributed by atoms with Crippen LogP contribution in [0, 0.1) is 5.82 Å². The number of carbonyl (C=O) groups excluding carboxylic acids is 1. The van der Waals surface area contributed by atoms with Crippen LogP contribution in [0.2, 0.25) is 5.02 Å². The fourth-order valence-electron chi connectivity index (χ4n) is 2.70. The Labute approximate surface area is 178 Å². The van der Waals surface area contributed by atoms with Gasteiger partial charge in [-0.2, -0.15) is 0 Å². The minimum atomic E-state index is -0.802. The van der Waals surface area contributed by atoms with Crippen molar-refractivity contribution in [2.24, 2.45) is 4.99 Å². The lowest BCUT2D eigenvalue weighted by Crippen LogP contribution is -2.11. The predicted molar refractivity (Wildman–Crippen MR) is 115 cm³/mol. The Kier molecular flexibility index (Phi) is 6.93. The Morgan fingerprint density at radius 2 is 1.90 bits per heavy atom. The highest BCUT2D eigenvalue weighted by molar-refractivity contribution is 6.33. The average molecular weight is 425 g/mol. The molecule has 0 unspecified atom stereocenters. The van der Waals surface area contributed by atoms with E-state index in [1.165, 1.54) is 24.7 Å². The van der Waals surface area contributed by atoms with Crippen LogP contribution in [0.15, 0.2) is 77.6 Å². The fraction of sp³-hybridized carbons (Fsp3) is 0.0870. The second kappa shape index (κ2) is 9.80. The number of hydrogen-bond donors (Lipinski definition) is 1. The molecule has 0 saturated carbocycles. The van der Waals surface area contributed by atoms with E-state index in [-0.39, 0.29) is 28.3 Å². The number of pyridine rings is 1. The summed E-state index contributed by atoms with van der Waals surface area (Å²) < 4.78 is 19.8. The molecule has 3 aromatic rings. The van der Waals surface area contributed by atoms with Crippen molar-refractivity contribution in [1.82, 2.24) is 4.98 Å². The lowest BCUT2D eigenvalue weighted by Gasteiger charge is -2.11. The first-order valence-electron chi connectivity index (χ1n) is 9.10. The maximum atomic E-state index is 14.8. The molecule has 1 aromatic heterocycles. The fourth-order valence-corrected chi connectivity index (χ4v) is 2.95. The van der Waals surface area contributed by atoms with Crippen molar-refractivity contribution in [2.45, 2.75) is 6.92 Å². The lowest BCUT2D eigenvalue weighted by atomic mass is 10.0. The molecule has 0 fully saturated rings. The zero-order valence-electron chi connectivity index (χ0n) is 16.0. The number of esters is 1. The van der Waals surface area contributed by atoms with Gasteiger partial charge >= 0.3 is 5.97 Å². The molecule has 0 atom stereocenters. The predicted octanol–water partition coefficient (Wildman–Crippen LogP) is 5.78. The zero-order chi connectivity index (χ0) is 21.5. The summed E-state index contributed by atoms with van der Waals surface area (Å²) in [6.45, 7) is 1.73. The number of carbonyl (C=O) groups is 1. The van der Waals surface area contributed by atoms with E-state index in [1.807, 2.05) is 6.07 Å². The summed E-state index contributed by atoms with van der Waals surface area (Å²) in [5.41, 5.74) is 1.11. The summed E-state index contributed by atoms with van der Waals surface area (Å²) in [7, 11) is 0. The van der Waals surface area contributed by atoms with Gasteiger partial charge in [0.25, 0.3) is 0 Å². The third-order valence-corrected chi connectivity index (χ3v) is 4.47. The number of aromatic nitrogens is 1. The molecule has 1 N–H and O–H groups in total. The van der Waals surface area contributed by atoms with E-state index >= 15 is 0 Å². The first-order chi connectivity index (χ1) is 14.5. The smallest absolute Gasteiger partial charge is 0.343 e. The van der Waals surface area contributed by atoms with Crippen molar-refractivity contribution in [3.63, 3.8) is 0 Å². The number of aliphatic hydroxyl groups excluding tert-OH is 1. The molecule has 0 aliphatic heterocycles. The molecular formula is C23H18ClFN2O3. The first kappa shape index (κ1) is 21.2. The van der Waals surface area contributed by atoms with E-state index < -0.39 is 17.5 Å². The molecule has 0 amide bonds. The highest BCUT2D eigenvalue weighted by Crippen LogP contribution is 2.32. The SMILES string of the molecule is CCOC(=O)C(C=Nc1ccccc1)=C(O)c1cc(F)c(-c2ccncc2)cc1Cl. The lowest BCUT2D eigenvalue weighted by molar-refractivity contribution is -0.137. The van der Waals surface area contributed by atoms with Gasteiger partial charge in [0, 0.05) is 29.7 Å². The molecule has 0 radical (unpaired) electrons. The van der Waals surface area contributed by atoms with E-state index in [0.29, 0.717) is 11.3 Å². The van der Waals surface area contributed by atoms with Gasteiger partial charge in [0.1, 0.15) is 17.1 Å². The number of hydrogen-bond acceptors (Lipinski definition) is 5. The quantitative estimate of drug-likeness (QED) is 0.236. The number of aliphatic imine (C=N–C) groups is 1.